The van der Waals surface area contributed by atoms with E-state index in [0.717, 1.165) is 0 Å². The molecule has 6 aromatic rings. The summed E-state index contributed by atoms with van der Waals surface area (Å²) in [6, 6.07) is 54.2. The van der Waals surface area contributed by atoms with Gasteiger partial charge in [0.05, 0.1) is 0 Å². The fraction of sp³-hybridized carbons (Fsp3) is 0. The normalized spacial score (nSPS) is 11.9. The van der Waals surface area contributed by atoms with E-state index in [1.54, 1.807) is 72.8 Å². The van der Waals surface area contributed by atoms with Gasteiger partial charge in [-0.15, -0.1) is 16.6 Å². The molecule has 8 heteroatoms. The second-order valence-corrected chi connectivity index (χ2v) is 18.7. The third kappa shape index (κ3) is 5.50. The largest absolute Gasteiger partial charge is 0.295 e. The quantitative estimate of drug-likeness (QED) is 0.152. The summed E-state index contributed by atoms with van der Waals surface area (Å²) in [7, 11) is -12.4. The summed E-state index contributed by atoms with van der Waals surface area (Å²) in [5.74, 6) is 0. The van der Waals surface area contributed by atoms with Crippen LogP contribution in [0.2, 0.25) is 0 Å². The monoisotopic (exact) mass is 653 g/mol. The first-order valence-corrected chi connectivity index (χ1v) is 18.9. The lowest BCUT2D eigenvalue weighted by Crippen LogP contribution is -2.40. The Morgan fingerprint density at radius 2 is 0.409 bits per heavy atom. The van der Waals surface area contributed by atoms with Crippen molar-refractivity contribution in [3.8, 4) is 0 Å². The molecule has 0 aliphatic rings. The van der Waals surface area contributed by atoms with Crippen molar-refractivity contribution in [2.75, 3.05) is 0 Å². The molecule has 4 nitrogen and oxygen atoms in total. The summed E-state index contributed by atoms with van der Waals surface area (Å²) in [4.78, 5) is 0. The summed E-state index contributed by atoms with van der Waals surface area (Å²) in [6.45, 7) is 0. The van der Waals surface area contributed by atoms with Gasteiger partial charge in [-0.25, -0.2) is 0 Å². The molecule has 0 N–H and O–H groups in total. The SMILES string of the molecule is Cl.O=P(c1ccccc1)(c1ccccc1)N(P(=O)(c1ccccc1)c1ccccc1)P(=O)(c1ccccc1)c1ccccc1. The molecule has 0 spiro atoms. The average molecular weight is 654 g/mol. The summed E-state index contributed by atoms with van der Waals surface area (Å²) >= 11 is 0. The molecular formula is C36H31ClNO3P3. The summed E-state index contributed by atoms with van der Waals surface area (Å²) in [5, 5.41) is 2.67. The first kappa shape index (κ1) is 31.7. The van der Waals surface area contributed by atoms with Gasteiger partial charge in [0.15, 0.2) is 0 Å². The van der Waals surface area contributed by atoms with Crippen molar-refractivity contribution >= 4 is 66.1 Å². The number of halogens is 1. The van der Waals surface area contributed by atoms with E-state index in [1.165, 1.54) is 4.21 Å². The lowest BCUT2D eigenvalue weighted by atomic mass is 10.4. The van der Waals surface area contributed by atoms with Crippen molar-refractivity contribution in [1.29, 1.82) is 0 Å². The molecule has 0 saturated carbocycles. The molecular weight excluding hydrogens is 623 g/mol. The zero-order valence-electron chi connectivity index (χ0n) is 23.7. The van der Waals surface area contributed by atoms with Gasteiger partial charge in [0.1, 0.15) is 0 Å². The van der Waals surface area contributed by atoms with E-state index in [-0.39, 0.29) is 12.4 Å². The summed E-state index contributed by atoms with van der Waals surface area (Å²) in [5.41, 5.74) is 0. The lowest BCUT2D eigenvalue weighted by Gasteiger charge is -2.43. The highest BCUT2D eigenvalue weighted by atomic mass is 35.5. The zero-order chi connectivity index (χ0) is 29.8. The Balaban J connectivity index is 0.00000384. The highest BCUT2D eigenvalue weighted by Crippen LogP contribution is 2.76. The third-order valence-corrected chi connectivity index (χ3v) is 19.4. The van der Waals surface area contributed by atoms with Crippen LogP contribution < -0.4 is 31.8 Å². The Hall–Kier alpha value is -3.74. The third-order valence-electron chi connectivity index (χ3n) is 7.39. The van der Waals surface area contributed by atoms with Gasteiger partial charge < -0.3 is 0 Å². The lowest BCUT2D eigenvalue weighted by molar-refractivity contribution is 0.542. The molecule has 0 aliphatic heterocycles. The Morgan fingerprint density at radius 3 is 0.545 bits per heavy atom. The zero-order valence-corrected chi connectivity index (χ0v) is 27.2. The average Bonchev–Trinajstić information content (AvgIpc) is 3.10. The number of nitrogens with zero attached hydrogens (tertiary/aromatic N) is 1. The maximum absolute atomic E-state index is 16.5. The topological polar surface area (TPSA) is 54.5 Å². The van der Waals surface area contributed by atoms with Gasteiger partial charge in [0.25, 0.3) is 0 Å². The van der Waals surface area contributed by atoms with Crippen LogP contribution in [0.15, 0.2) is 182 Å². The Bertz CT molecular complexity index is 1580. The maximum Gasteiger partial charge on any atom is 0.219 e. The molecule has 0 aliphatic carbocycles. The highest BCUT2D eigenvalue weighted by molar-refractivity contribution is 8.02. The molecule has 0 radical (unpaired) electrons. The fourth-order valence-electron chi connectivity index (χ4n) is 5.38. The van der Waals surface area contributed by atoms with Crippen molar-refractivity contribution in [2.24, 2.45) is 0 Å². The fourth-order valence-corrected chi connectivity index (χ4v) is 18.9. The number of rotatable bonds is 9. The highest BCUT2D eigenvalue weighted by Gasteiger charge is 2.57. The van der Waals surface area contributed by atoms with Crippen molar-refractivity contribution < 1.29 is 13.7 Å². The van der Waals surface area contributed by atoms with Gasteiger partial charge in [-0.1, -0.05) is 109 Å². The Labute approximate surface area is 265 Å². The van der Waals surface area contributed by atoms with Crippen LogP contribution in [0.4, 0.5) is 0 Å². The molecule has 0 bridgehead atoms. The van der Waals surface area contributed by atoms with Gasteiger partial charge in [-0.3, -0.25) is 13.7 Å². The minimum atomic E-state index is -4.13. The van der Waals surface area contributed by atoms with Crippen LogP contribution in [0.5, 0.6) is 0 Å². The van der Waals surface area contributed by atoms with Crippen molar-refractivity contribution in [1.82, 2.24) is 4.21 Å². The first-order chi connectivity index (χ1) is 21.0. The van der Waals surface area contributed by atoms with Crippen LogP contribution >= 0.6 is 34.3 Å². The molecule has 0 fully saturated rings. The smallest absolute Gasteiger partial charge is 0.219 e. The van der Waals surface area contributed by atoms with E-state index in [0.29, 0.717) is 31.8 Å². The van der Waals surface area contributed by atoms with Gasteiger partial charge in [0, 0.05) is 31.8 Å². The van der Waals surface area contributed by atoms with E-state index < -0.39 is 21.9 Å². The molecule has 0 heterocycles. The van der Waals surface area contributed by atoms with Crippen molar-refractivity contribution in [3.63, 3.8) is 0 Å². The van der Waals surface area contributed by atoms with Gasteiger partial charge in [-0.2, -0.15) is 0 Å². The van der Waals surface area contributed by atoms with E-state index in [1.807, 2.05) is 109 Å². The predicted molar refractivity (Wildman–Crippen MR) is 188 cm³/mol. The van der Waals surface area contributed by atoms with Crippen LogP contribution in [-0.2, 0) is 13.7 Å². The number of benzene rings is 6. The maximum atomic E-state index is 16.5. The van der Waals surface area contributed by atoms with E-state index in [4.69, 9.17) is 0 Å². The van der Waals surface area contributed by atoms with E-state index >= 15 is 13.7 Å². The van der Waals surface area contributed by atoms with Crippen LogP contribution in [0, 0.1) is 0 Å². The standard InChI is InChI=1S/C36H30NO3P3.ClH/c38-41(31-19-7-1-8-20-31,32-21-9-2-10-22-32)37(42(39,33-23-11-3-12-24-33)34-25-13-4-14-26-34)43(40,35-27-15-5-16-28-35)36-29-17-6-18-30-36;/h1-30H;1H. The molecule has 0 aromatic heterocycles. The molecule has 0 unspecified atom stereocenters. The minimum absolute atomic E-state index is 0. The van der Waals surface area contributed by atoms with Crippen LogP contribution in [-0.4, -0.2) is 4.21 Å². The molecule has 44 heavy (non-hydrogen) atoms. The van der Waals surface area contributed by atoms with E-state index in [2.05, 4.69) is 0 Å². The second kappa shape index (κ2) is 13.5. The molecule has 0 amide bonds. The minimum Gasteiger partial charge on any atom is -0.295 e. The predicted octanol–water partition coefficient (Wildman–Crippen LogP) is 7.50. The van der Waals surface area contributed by atoms with E-state index in [9.17, 15) is 0 Å². The van der Waals surface area contributed by atoms with Crippen LogP contribution in [0.3, 0.4) is 0 Å². The number of hydrogen-bond donors (Lipinski definition) is 0. The van der Waals surface area contributed by atoms with Crippen molar-refractivity contribution in [2.45, 2.75) is 0 Å². The molecule has 6 rings (SSSR count). The first-order valence-electron chi connectivity index (χ1n) is 14.0. The van der Waals surface area contributed by atoms with Crippen LogP contribution in [0.1, 0.15) is 0 Å². The molecule has 220 valence electrons. The summed E-state index contributed by atoms with van der Waals surface area (Å²) < 4.78 is 50.9. The van der Waals surface area contributed by atoms with Gasteiger partial charge in [0.2, 0.25) is 21.9 Å². The van der Waals surface area contributed by atoms with Gasteiger partial charge in [-0.05, 0) is 72.8 Å². The molecule has 0 atom stereocenters. The van der Waals surface area contributed by atoms with Gasteiger partial charge >= 0.3 is 0 Å². The molecule has 6 aromatic carbocycles. The summed E-state index contributed by atoms with van der Waals surface area (Å²) in [6.07, 6.45) is 0. The number of hydrogen-bond acceptors (Lipinski definition) is 3. The Morgan fingerprint density at radius 1 is 0.273 bits per heavy atom. The molecule has 0 saturated heterocycles. The second-order valence-electron chi connectivity index (χ2n) is 10.0. The Kier molecular flexibility index (Phi) is 9.72. The van der Waals surface area contributed by atoms with Crippen LogP contribution in [0.25, 0.3) is 0 Å². The van der Waals surface area contributed by atoms with Crippen molar-refractivity contribution in [3.05, 3.63) is 182 Å².